The lowest BCUT2D eigenvalue weighted by molar-refractivity contribution is 0.419. The summed E-state index contributed by atoms with van der Waals surface area (Å²) >= 11 is 12.6. The topological polar surface area (TPSA) is 9.23 Å². The van der Waals surface area contributed by atoms with Gasteiger partial charge in [0, 0.05) is 10.4 Å². The van der Waals surface area contributed by atoms with Gasteiger partial charge in [0.1, 0.15) is 5.75 Å². The first-order valence-electron chi connectivity index (χ1n) is 6.66. The van der Waals surface area contributed by atoms with E-state index in [-0.39, 0.29) is 5.38 Å². The second kappa shape index (κ2) is 5.97. The van der Waals surface area contributed by atoms with Gasteiger partial charge in [-0.2, -0.15) is 0 Å². The summed E-state index contributed by atoms with van der Waals surface area (Å²) < 4.78 is 5.42. The summed E-state index contributed by atoms with van der Waals surface area (Å²) in [5, 5.41) is 2.66. The molecule has 3 aromatic rings. The molecule has 21 heavy (non-hydrogen) atoms. The zero-order valence-corrected chi connectivity index (χ0v) is 13.0. The van der Waals surface area contributed by atoms with Crippen molar-refractivity contribution in [2.75, 3.05) is 7.11 Å². The second-order valence-electron chi connectivity index (χ2n) is 4.82. The first-order valence-corrected chi connectivity index (χ1v) is 7.47. The molecule has 0 heterocycles. The molecule has 1 atom stereocenters. The fourth-order valence-corrected chi connectivity index (χ4v) is 2.97. The maximum Gasteiger partial charge on any atom is 0.126 e. The number of alkyl halides is 1. The quantitative estimate of drug-likeness (QED) is 0.552. The minimum absolute atomic E-state index is 0.224. The van der Waals surface area contributed by atoms with Crippen molar-refractivity contribution in [3.63, 3.8) is 0 Å². The SMILES string of the molecule is COc1ccc(C(Cl)c2ccc(Cl)cc2)c2ccccc12. The van der Waals surface area contributed by atoms with Crippen molar-refractivity contribution in [3.05, 3.63) is 76.8 Å². The third-order valence-electron chi connectivity index (χ3n) is 3.57. The summed E-state index contributed by atoms with van der Waals surface area (Å²) in [6, 6.07) is 19.7. The molecule has 0 fully saturated rings. The molecule has 0 bridgehead atoms. The summed E-state index contributed by atoms with van der Waals surface area (Å²) in [4.78, 5) is 0. The molecule has 0 aliphatic carbocycles. The molecule has 3 rings (SSSR count). The summed E-state index contributed by atoms with van der Waals surface area (Å²) in [6.45, 7) is 0. The van der Waals surface area contributed by atoms with Gasteiger partial charge in [0.15, 0.2) is 0 Å². The molecule has 0 N–H and O–H groups in total. The van der Waals surface area contributed by atoms with E-state index in [9.17, 15) is 0 Å². The van der Waals surface area contributed by atoms with Crippen LogP contribution in [0.4, 0.5) is 0 Å². The monoisotopic (exact) mass is 316 g/mol. The van der Waals surface area contributed by atoms with E-state index in [0.29, 0.717) is 5.02 Å². The third-order valence-corrected chi connectivity index (χ3v) is 4.31. The number of rotatable bonds is 3. The maximum atomic E-state index is 6.67. The normalized spacial score (nSPS) is 12.3. The van der Waals surface area contributed by atoms with E-state index < -0.39 is 0 Å². The lowest BCUT2D eigenvalue weighted by Gasteiger charge is -2.15. The lowest BCUT2D eigenvalue weighted by atomic mass is 9.97. The van der Waals surface area contributed by atoms with Crippen molar-refractivity contribution in [2.45, 2.75) is 5.38 Å². The van der Waals surface area contributed by atoms with Crippen molar-refractivity contribution in [1.82, 2.24) is 0 Å². The smallest absolute Gasteiger partial charge is 0.126 e. The molecule has 0 saturated carbocycles. The van der Waals surface area contributed by atoms with Gasteiger partial charge in [-0.1, -0.05) is 54.1 Å². The van der Waals surface area contributed by atoms with Gasteiger partial charge >= 0.3 is 0 Å². The second-order valence-corrected chi connectivity index (χ2v) is 5.69. The number of halogens is 2. The van der Waals surface area contributed by atoms with Crippen LogP contribution >= 0.6 is 23.2 Å². The van der Waals surface area contributed by atoms with Crippen LogP contribution in [0.5, 0.6) is 5.75 Å². The maximum absolute atomic E-state index is 6.67. The zero-order chi connectivity index (χ0) is 14.8. The van der Waals surface area contributed by atoms with Gasteiger partial charge in [-0.05, 0) is 34.7 Å². The molecule has 0 radical (unpaired) electrons. The fraction of sp³-hybridized carbons (Fsp3) is 0.111. The van der Waals surface area contributed by atoms with Gasteiger partial charge in [0.05, 0.1) is 12.5 Å². The van der Waals surface area contributed by atoms with Crippen molar-refractivity contribution >= 4 is 34.0 Å². The Morgan fingerprint density at radius 3 is 2.19 bits per heavy atom. The molecule has 1 nitrogen and oxygen atoms in total. The fourth-order valence-electron chi connectivity index (χ4n) is 2.51. The molecule has 0 aliphatic rings. The Morgan fingerprint density at radius 1 is 0.857 bits per heavy atom. The largest absolute Gasteiger partial charge is 0.496 e. The van der Waals surface area contributed by atoms with Crippen LogP contribution in [0.25, 0.3) is 10.8 Å². The van der Waals surface area contributed by atoms with Crippen LogP contribution in [0.3, 0.4) is 0 Å². The van der Waals surface area contributed by atoms with Gasteiger partial charge in [-0.3, -0.25) is 0 Å². The summed E-state index contributed by atoms with van der Waals surface area (Å²) in [6.07, 6.45) is 0. The van der Waals surface area contributed by atoms with Gasteiger partial charge in [0.2, 0.25) is 0 Å². The Morgan fingerprint density at radius 2 is 1.52 bits per heavy atom. The van der Waals surface area contributed by atoms with E-state index in [0.717, 1.165) is 27.6 Å². The van der Waals surface area contributed by atoms with E-state index in [1.165, 1.54) is 0 Å². The number of hydrogen-bond acceptors (Lipinski definition) is 1. The predicted octanol–water partition coefficient (Wildman–Crippen LogP) is 5.83. The van der Waals surface area contributed by atoms with Crippen LogP contribution in [0.15, 0.2) is 60.7 Å². The highest BCUT2D eigenvalue weighted by molar-refractivity contribution is 6.30. The summed E-state index contributed by atoms with van der Waals surface area (Å²) in [5.74, 6) is 0.856. The number of hydrogen-bond donors (Lipinski definition) is 0. The highest BCUT2D eigenvalue weighted by Gasteiger charge is 2.15. The highest BCUT2D eigenvalue weighted by Crippen LogP contribution is 2.37. The Hall–Kier alpha value is -1.70. The molecule has 1 unspecified atom stereocenters. The van der Waals surface area contributed by atoms with Crippen LogP contribution in [0.1, 0.15) is 16.5 Å². The minimum atomic E-state index is -0.224. The molecule has 0 amide bonds. The summed E-state index contributed by atoms with van der Waals surface area (Å²) in [5.41, 5.74) is 2.09. The van der Waals surface area contributed by atoms with Crippen molar-refractivity contribution in [1.29, 1.82) is 0 Å². The molecule has 106 valence electrons. The predicted molar refractivity (Wildman–Crippen MR) is 89.6 cm³/mol. The average molecular weight is 317 g/mol. The molecular weight excluding hydrogens is 303 g/mol. The van der Waals surface area contributed by atoms with E-state index >= 15 is 0 Å². The molecular formula is C18H14Cl2O. The highest BCUT2D eigenvalue weighted by atomic mass is 35.5. The van der Waals surface area contributed by atoms with E-state index in [4.69, 9.17) is 27.9 Å². The van der Waals surface area contributed by atoms with Crippen LogP contribution in [-0.4, -0.2) is 7.11 Å². The summed E-state index contributed by atoms with van der Waals surface area (Å²) in [7, 11) is 1.68. The number of methoxy groups -OCH3 is 1. The minimum Gasteiger partial charge on any atom is -0.496 e. The molecule has 0 saturated heterocycles. The Balaban J connectivity index is 2.14. The van der Waals surface area contributed by atoms with Gasteiger partial charge in [-0.25, -0.2) is 0 Å². The van der Waals surface area contributed by atoms with Gasteiger partial charge < -0.3 is 4.74 Å². The molecule has 3 heteroatoms. The van der Waals surface area contributed by atoms with E-state index in [1.54, 1.807) is 7.11 Å². The van der Waals surface area contributed by atoms with E-state index in [1.807, 2.05) is 54.6 Å². The average Bonchev–Trinajstić information content (AvgIpc) is 2.54. The Kier molecular flexibility index (Phi) is 4.05. The Labute approximate surface area is 134 Å². The Bertz CT molecular complexity index is 766. The van der Waals surface area contributed by atoms with E-state index in [2.05, 4.69) is 6.07 Å². The lowest BCUT2D eigenvalue weighted by Crippen LogP contribution is -1.96. The van der Waals surface area contributed by atoms with Crippen LogP contribution in [-0.2, 0) is 0 Å². The molecule has 0 aliphatic heterocycles. The zero-order valence-electron chi connectivity index (χ0n) is 11.5. The molecule has 3 aromatic carbocycles. The van der Waals surface area contributed by atoms with Gasteiger partial charge in [-0.15, -0.1) is 11.6 Å². The van der Waals surface area contributed by atoms with Crippen LogP contribution in [0, 0.1) is 0 Å². The van der Waals surface area contributed by atoms with Crippen LogP contribution < -0.4 is 4.74 Å². The van der Waals surface area contributed by atoms with Crippen molar-refractivity contribution < 1.29 is 4.74 Å². The molecule has 0 spiro atoms. The molecule has 0 aromatic heterocycles. The van der Waals surface area contributed by atoms with Crippen LogP contribution in [0.2, 0.25) is 5.02 Å². The first-order chi connectivity index (χ1) is 10.2. The van der Waals surface area contributed by atoms with Crippen molar-refractivity contribution in [2.24, 2.45) is 0 Å². The van der Waals surface area contributed by atoms with Crippen molar-refractivity contribution in [3.8, 4) is 5.75 Å². The number of benzene rings is 3. The standard InChI is InChI=1S/C18H14Cl2O/c1-21-17-11-10-16(14-4-2-3-5-15(14)17)18(20)12-6-8-13(19)9-7-12/h2-11,18H,1H3. The van der Waals surface area contributed by atoms with Gasteiger partial charge in [0.25, 0.3) is 0 Å². The number of ether oxygens (including phenoxy) is 1. The third kappa shape index (κ3) is 2.72. The number of fused-ring (bicyclic) bond motifs is 1. The first kappa shape index (κ1) is 14.2.